The van der Waals surface area contributed by atoms with Gasteiger partial charge in [0.2, 0.25) is 0 Å². The molecule has 3 N–H and O–H groups in total. The minimum atomic E-state index is -0.954. The number of aliphatic carboxylic acids is 1. The zero-order valence-corrected chi connectivity index (χ0v) is 10.9. The Labute approximate surface area is 109 Å². The van der Waals surface area contributed by atoms with Crippen LogP contribution in [0.15, 0.2) is 6.07 Å². The summed E-state index contributed by atoms with van der Waals surface area (Å²) in [4.78, 5) is 10.5. The van der Waals surface area contributed by atoms with Crippen LogP contribution in [-0.2, 0) is 4.79 Å². The Morgan fingerprint density at radius 2 is 2.28 bits per heavy atom. The number of hydrogen-bond acceptors (Lipinski definition) is 3. The largest absolute Gasteiger partial charge is 0.493 e. The molecule has 0 aliphatic heterocycles. The first kappa shape index (κ1) is 14.7. The van der Waals surface area contributed by atoms with Gasteiger partial charge in [-0.3, -0.25) is 4.79 Å². The van der Waals surface area contributed by atoms with Crippen LogP contribution in [-0.4, -0.2) is 18.2 Å². The van der Waals surface area contributed by atoms with Crippen LogP contribution in [0.5, 0.6) is 5.75 Å². The molecular formula is C12H15ClFNO3. The van der Waals surface area contributed by atoms with E-state index < -0.39 is 17.8 Å². The lowest BCUT2D eigenvalue weighted by atomic mass is 9.96. The minimum absolute atomic E-state index is 0.0230. The van der Waals surface area contributed by atoms with Crippen LogP contribution in [0.4, 0.5) is 4.39 Å². The molecule has 0 radical (unpaired) electrons. The fraction of sp³-hybridized carbons (Fsp3) is 0.417. The van der Waals surface area contributed by atoms with Gasteiger partial charge in [0.25, 0.3) is 0 Å². The summed E-state index contributed by atoms with van der Waals surface area (Å²) in [5.74, 6) is -1.53. The van der Waals surface area contributed by atoms with Gasteiger partial charge in [0.1, 0.15) is 0 Å². The van der Waals surface area contributed by atoms with Crippen molar-refractivity contribution < 1.29 is 19.0 Å². The number of halogens is 2. The Morgan fingerprint density at radius 3 is 2.78 bits per heavy atom. The maximum atomic E-state index is 13.7. The quantitative estimate of drug-likeness (QED) is 0.866. The molecule has 0 bridgehead atoms. The highest BCUT2D eigenvalue weighted by Crippen LogP contribution is 2.36. The zero-order valence-electron chi connectivity index (χ0n) is 10.2. The van der Waals surface area contributed by atoms with E-state index in [2.05, 4.69) is 0 Å². The summed E-state index contributed by atoms with van der Waals surface area (Å²) in [6.45, 7) is 1.69. The third-order valence-corrected chi connectivity index (χ3v) is 3.11. The second-order valence-electron chi connectivity index (χ2n) is 3.95. The Balaban J connectivity index is 3.16. The van der Waals surface area contributed by atoms with Gasteiger partial charge >= 0.3 is 5.97 Å². The van der Waals surface area contributed by atoms with E-state index in [0.29, 0.717) is 11.1 Å². The van der Waals surface area contributed by atoms with Crippen molar-refractivity contribution in [2.45, 2.75) is 25.8 Å². The van der Waals surface area contributed by atoms with Crippen LogP contribution >= 0.6 is 11.6 Å². The summed E-state index contributed by atoms with van der Waals surface area (Å²) in [6, 6.07) is 0.521. The zero-order chi connectivity index (χ0) is 13.9. The molecular weight excluding hydrogens is 261 g/mol. The van der Waals surface area contributed by atoms with Gasteiger partial charge in [-0.25, -0.2) is 4.39 Å². The van der Waals surface area contributed by atoms with Crippen molar-refractivity contribution in [3.8, 4) is 5.75 Å². The first-order valence-electron chi connectivity index (χ1n) is 5.38. The molecule has 0 spiro atoms. The third-order valence-electron chi connectivity index (χ3n) is 2.72. The number of nitrogens with two attached hydrogens (primary N) is 1. The van der Waals surface area contributed by atoms with Gasteiger partial charge in [0.15, 0.2) is 11.6 Å². The number of methoxy groups -OCH3 is 1. The summed E-state index contributed by atoms with van der Waals surface area (Å²) in [6.07, 6.45) is 0.0875. The van der Waals surface area contributed by atoms with Gasteiger partial charge in [-0.1, -0.05) is 11.6 Å². The lowest BCUT2D eigenvalue weighted by molar-refractivity contribution is -0.137. The molecule has 6 heteroatoms. The number of rotatable bonds is 5. The van der Waals surface area contributed by atoms with E-state index in [9.17, 15) is 9.18 Å². The number of carboxylic acid groups (broad SMARTS) is 1. The van der Waals surface area contributed by atoms with Crippen LogP contribution < -0.4 is 10.5 Å². The molecule has 0 saturated carbocycles. The van der Waals surface area contributed by atoms with Gasteiger partial charge in [0.05, 0.1) is 7.11 Å². The molecule has 0 amide bonds. The van der Waals surface area contributed by atoms with Gasteiger partial charge in [-0.15, -0.1) is 0 Å². The topological polar surface area (TPSA) is 72.5 Å². The number of hydrogen-bond donors (Lipinski definition) is 2. The highest BCUT2D eigenvalue weighted by Gasteiger charge is 2.21. The minimum Gasteiger partial charge on any atom is -0.493 e. The molecule has 0 aromatic heterocycles. The highest BCUT2D eigenvalue weighted by atomic mass is 35.5. The molecule has 4 nitrogen and oxygen atoms in total. The van der Waals surface area contributed by atoms with Crippen molar-refractivity contribution in [1.82, 2.24) is 0 Å². The maximum absolute atomic E-state index is 13.7. The number of carboxylic acids is 1. The molecule has 18 heavy (non-hydrogen) atoms. The molecule has 0 aliphatic carbocycles. The van der Waals surface area contributed by atoms with Gasteiger partial charge in [-0.05, 0) is 25.0 Å². The predicted molar refractivity (Wildman–Crippen MR) is 66.5 cm³/mol. The van der Waals surface area contributed by atoms with E-state index in [4.69, 9.17) is 27.2 Å². The van der Waals surface area contributed by atoms with Gasteiger partial charge < -0.3 is 15.6 Å². The van der Waals surface area contributed by atoms with Crippen LogP contribution in [0.2, 0.25) is 5.02 Å². The molecule has 0 heterocycles. The molecule has 1 atom stereocenters. The van der Waals surface area contributed by atoms with E-state index in [-0.39, 0.29) is 23.6 Å². The average molecular weight is 276 g/mol. The molecule has 1 rings (SSSR count). The fourth-order valence-corrected chi connectivity index (χ4v) is 1.99. The number of carbonyl (C=O) groups is 1. The standard InChI is InChI=1S/C12H15ClFNO3/c1-6-7(13)5-8(14)12(18-2)11(6)9(15)3-4-10(16)17/h5,9H,3-4,15H2,1-2H3,(H,16,17). The lowest BCUT2D eigenvalue weighted by Crippen LogP contribution is -2.15. The van der Waals surface area contributed by atoms with Crippen LogP contribution in [0.25, 0.3) is 0 Å². The van der Waals surface area contributed by atoms with E-state index >= 15 is 0 Å². The van der Waals surface area contributed by atoms with E-state index in [0.717, 1.165) is 6.07 Å². The molecule has 0 saturated heterocycles. The van der Waals surface area contributed by atoms with Crippen molar-refractivity contribution in [2.24, 2.45) is 5.73 Å². The van der Waals surface area contributed by atoms with E-state index in [1.165, 1.54) is 7.11 Å². The Bertz CT molecular complexity index is 465. The van der Waals surface area contributed by atoms with Crippen LogP contribution in [0, 0.1) is 12.7 Å². The Hall–Kier alpha value is -1.33. The van der Waals surface area contributed by atoms with Crippen molar-refractivity contribution in [3.05, 3.63) is 28.0 Å². The van der Waals surface area contributed by atoms with Gasteiger partial charge in [0, 0.05) is 23.0 Å². The normalized spacial score (nSPS) is 12.3. The average Bonchev–Trinajstić information content (AvgIpc) is 2.30. The van der Waals surface area contributed by atoms with Crippen LogP contribution in [0.3, 0.4) is 0 Å². The molecule has 0 fully saturated rings. The summed E-state index contributed by atoms with van der Waals surface area (Å²) in [5, 5.41) is 8.87. The fourth-order valence-electron chi connectivity index (χ4n) is 1.79. The SMILES string of the molecule is COc1c(F)cc(Cl)c(C)c1C(N)CCC(=O)O. The third kappa shape index (κ3) is 3.11. The maximum Gasteiger partial charge on any atom is 0.303 e. The summed E-state index contributed by atoms with van der Waals surface area (Å²) in [7, 11) is 1.33. The smallest absolute Gasteiger partial charge is 0.303 e. The molecule has 1 aromatic rings. The first-order chi connectivity index (χ1) is 8.38. The van der Waals surface area contributed by atoms with Crippen molar-refractivity contribution >= 4 is 17.6 Å². The predicted octanol–water partition coefficient (Wildman–Crippen LogP) is 2.66. The second-order valence-corrected chi connectivity index (χ2v) is 4.36. The monoisotopic (exact) mass is 275 g/mol. The molecule has 0 aliphatic rings. The summed E-state index contributed by atoms with van der Waals surface area (Å²) < 4.78 is 18.6. The molecule has 100 valence electrons. The second kappa shape index (κ2) is 6.02. The first-order valence-corrected chi connectivity index (χ1v) is 5.76. The molecule has 1 unspecified atom stereocenters. The van der Waals surface area contributed by atoms with Crippen molar-refractivity contribution in [2.75, 3.05) is 7.11 Å². The van der Waals surface area contributed by atoms with E-state index in [1.807, 2.05) is 0 Å². The van der Waals surface area contributed by atoms with Gasteiger partial charge in [-0.2, -0.15) is 0 Å². The van der Waals surface area contributed by atoms with Crippen LogP contribution in [0.1, 0.15) is 30.0 Å². The van der Waals surface area contributed by atoms with Crippen molar-refractivity contribution in [1.29, 1.82) is 0 Å². The van der Waals surface area contributed by atoms with E-state index in [1.54, 1.807) is 6.92 Å². The molecule has 1 aromatic carbocycles. The Kier molecular flexibility index (Phi) is 4.93. The summed E-state index contributed by atoms with van der Waals surface area (Å²) >= 11 is 5.89. The summed E-state index contributed by atoms with van der Waals surface area (Å²) in [5.41, 5.74) is 6.91. The number of benzene rings is 1. The number of ether oxygens (including phenoxy) is 1. The highest BCUT2D eigenvalue weighted by molar-refractivity contribution is 6.31. The Morgan fingerprint density at radius 1 is 1.67 bits per heavy atom. The van der Waals surface area contributed by atoms with Crippen molar-refractivity contribution in [3.63, 3.8) is 0 Å². The lowest BCUT2D eigenvalue weighted by Gasteiger charge is -2.19.